The fourth-order valence-corrected chi connectivity index (χ4v) is 3.19. The number of carbonyl (C=O) groups is 2. The second-order valence-corrected chi connectivity index (χ2v) is 9.48. The Bertz CT molecular complexity index is 492. The highest BCUT2D eigenvalue weighted by Crippen LogP contribution is 2.40. The van der Waals surface area contributed by atoms with Crippen LogP contribution in [0.4, 0.5) is 0 Å². The summed E-state index contributed by atoms with van der Waals surface area (Å²) in [4.78, 5) is 25.5. The summed E-state index contributed by atoms with van der Waals surface area (Å²) in [5.74, 6) is 1.24. The quantitative estimate of drug-likeness (QED) is 0.517. The molecule has 0 aromatic rings. The highest BCUT2D eigenvalue weighted by atomic mass is 16.1. The van der Waals surface area contributed by atoms with Crippen LogP contribution in [0.3, 0.4) is 0 Å². The summed E-state index contributed by atoms with van der Waals surface area (Å²) in [6.45, 7) is 17.1. The molecule has 0 spiro atoms. The first-order valence-electron chi connectivity index (χ1n) is 9.40. The van der Waals surface area contributed by atoms with Crippen molar-refractivity contribution in [2.24, 2.45) is 22.7 Å². The number of hydrogen-bond acceptors (Lipinski definition) is 2. The highest BCUT2D eigenvalue weighted by molar-refractivity contribution is 6.20. The van der Waals surface area contributed by atoms with Crippen molar-refractivity contribution in [2.45, 2.75) is 81.1 Å². The van der Waals surface area contributed by atoms with Gasteiger partial charge in [0.15, 0.2) is 11.6 Å². The summed E-state index contributed by atoms with van der Waals surface area (Å²) >= 11 is 0. The first kappa shape index (κ1) is 20.9. The molecule has 0 saturated carbocycles. The maximum absolute atomic E-state index is 12.7. The normalized spacial score (nSPS) is 16.8. The Morgan fingerprint density at radius 1 is 0.708 bits per heavy atom. The van der Waals surface area contributed by atoms with Crippen molar-refractivity contribution < 1.29 is 9.59 Å². The number of rotatable bonds is 8. The van der Waals surface area contributed by atoms with Gasteiger partial charge in [-0.1, -0.05) is 68.2 Å². The van der Waals surface area contributed by atoms with Crippen molar-refractivity contribution in [1.82, 2.24) is 0 Å². The van der Waals surface area contributed by atoms with Crippen LogP contribution in [-0.2, 0) is 9.59 Å². The predicted octanol–water partition coefficient (Wildman–Crippen LogP) is 5.92. The third kappa shape index (κ3) is 5.43. The standard InChI is InChI=1S/C22H36O2/c1-15(2)9-11-21(5,6)17-13-20(24)18(14-19(17)23)22(7,8)12-10-16(3)4/h13-16H,9-12H2,1-8H3. The molecule has 0 aromatic heterocycles. The van der Waals surface area contributed by atoms with E-state index in [1.165, 1.54) is 0 Å². The molecule has 2 nitrogen and oxygen atoms in total. The minimum atomic E-state index is -0.249. The van der Waals surface area contributed by atoms with Crippen LogP contribution in [-0.4, -0.2) is 11.6 Å². The molecule has 0 radical (unpaired) electrons. The zero-order valence-electron chi connectivity index (χ0n) is 17.0. The van der Waals surface area contributed by atoms with Crippen molar-refractivity contribution in [3.63, 3.8) is 0 Å². The van der Waals surface area contributed by atoms with Crippen LogP contribution < -0.4 is 0 Å². The molecular formula is C22H36O2. The summed E-state index contributed by atoms with van der Waals surface area (Å²) in [5, 5.41) is 0. The SMILES string of the molecule is CC(C)CCC(C)(C)C1=CC(=O)C(C(C)(C)CCC(C)C)=CC1=O. The van der Waals surface area contributed by atoms with Crippen LogP contribution in [0.5, 0.6) is 0 Å². The third-order valence-corrected chi connectivity index (χ3v) is 5.23. The molecule has 0 aliphatic heterocycles. The molecule has 0 N–H and O–H groups in total. The minimum Gasteiger partial charge on any atom is -0.290 e. The van der Waals surface area contributed by atoms with E-state index in [2.05, 4.69) is 55.4 Å². The van der Waals surface area contributed by atoms with Gasteiger partial charge in [-0.15, -0.1) is 0 Å². The number of ketones is 2. The smallest absolute Gasteiger partial charge is 0.182 e. The molecule has 24 heavy (non-hydrogen) atoms. The lowest BCUT2D eigenvalue weighted by Gasteiger charge is -2.33. The number of hydrogen-bond donors (Lipinski definition) is 0. The highest BCUT2D eigenvalue weighted by Gasteiger charge is 2.36. The maximum atomic E-state index is 12.7. The van der Waals surface area contributed by atoms with Crippen molar-refractivity contribution in [3.8, 4) is 0 Å². The molecule has 0 amide bonds. The van der Waals surface area contributed by atoms with Crippen molar-refractivity contribution in [1.29, 1.82) is 0 Å². The Balaban J connectivity index is 2.98. The minimum absolute atomic E-state index is 0.0241. The third-order valence-electron chi connectivity index (χ3n) is 5.23. The van der Waals surface area contributed by atoms with Gasteiger partial charge < -0.3 is 0 Å². The molecule has 1 aliphatic carbocycles. The van der Waals surface area contributed by atoms with E-state index in [-0.39, 0.29) is 22.4 Å². The van der Waals surface area contributed by atoms with E-state index in [0.29, 0.717) is 23.0 Å². The van der Waals surface area contributed by atoms with Crippen LogP contribution in [0.2, 0.25) is 0 Å². The lowest BCUT2D eigenvalue weighted by molar-refractivity contribution is -0.116. The van der Waals surface area contributed by atoms with E-state index >= 15 is 0 Å². The average molecular weight is 333 g/mol. The number of carbonyl (C=O) groups excluding carboxylic acids is 2. The molecule has 2 heteroatoms. The van der Waals surface area contributed by atoms with Crippen LogP contribution in [0.25, 0.3) is 0 Å². The van der Waals surface area contributed by atoms with E-state index in [1.807, 2.05) is 0 Å². The van der Waals surface area contributed by atoms with Gasteiger partial charge in [-0.3, -0.25) is 9.59 Å². The lowest BCUT2D eigenvalue weighted by Crippen LogP contribution is -2.30. The van der Waals surface area contributed by atoms with E-state index in [4.69, 9.17) is 0 Å². The summed E-state index contributed by atoms with van der Waals surface area (Å²) in [7, 11) is 0. The topological polar surface area (TPSA) is 34.1 Å². The summed E-state index contributed by atoms with van der Waals surface area (Å²) in [6.07, 6.45) is 7.21. The Labute approximate surface area is 148 Å². The molecule has 1 rings (SSSR count). The molecule has 0 saturated heterocycles. The summed E-state index contributed by atoms with van der Waals surface area (Å²) < 4.78 is 0. The fraction of sp³-hybridized carbons (Fsp3) is 0.727. The summed E-state index contributed by atoms with van der Waals surface area (Å²) in [5.41, 5.74) is 0.857. The first-order chi connectivity index (χ1) is 10.9. The van der Waals surface area contributed by atoms with Gasteiger partial charge in [0.25, 0.3) is 0 Å². The Morgan fingerprint density at radius 3 is 1.25 bits per heavy atom. The molecule has 0 heterocycles. The second-order valence-electron chi connectivity index (χ2n) is 9.48. The van der Waals surface area contributed by atoms with Gasteiger partial charge in [0.2, 0.25) is 0 Å². The molecule has 0 atom stereocenters. The van der Waals surface area contributed by atoms with E-state index in [0.717, 1.165) is 25.7 Å². The Hall–Kier alpha value is -1.18. The van der Waals surface area contributed by atoms with Gasteiger partial charge in [-0.2, -0.15) is 0 Å². The van der Waals surface area contributed by atoms with Crippen LogP contribution in [0.15, 0.2) is 23.3 Å². The van der Waals surface area contributed by atoms with E-state index in [9.17, 15) is 9.59 Å². The Kier molecular flexibility index (Phi) is 6.78. The van der Waals surface area contributed by atoms with Crippen molar-refractivity contribution in [3.05, 3.63) is 23.3 Å². The predicted molar refractivity (Wildman–Crippen MR) is 102 cm³/mol. The zero-order valence-corrected chi connectivity index (χ0v) is 17.0. The van der Waals surface area contributed by atoms with Gasteiger partial charge in [0, 0.05) is 11.1 Å². The van der Waals surface area contributed by atoms with Gasteiger partial charge >= 0.3 is 0 Å². The molecular weight excluding hydrogens is 296 g/mol. The Morgan fingerprint density at radius 2 is 1.00 bits per heavy atom. The maximum Gasteiger partial charge on any atom is 0.182 e. The molecule has 1 aliphatic rings. The van der Waals surface area contributed by atoms with Gasteiger partial charge in [-0.05, 0) is 47.7 Å². The molecule has 0 fully saturated rings. The van der Waals surface area contributed by atoms with Gasteiger partial charge in [0.1, 0.15) is 0 Å². The largest absolute Gasteiger partial charge is 0.290 e. The van der Waals surface area contributed by atoms with E-state index < -0.39 is 0 Å². The summed E-state index contributed by atoms with van der Waals surface area (Å²) in [6, 6.07) is 0. The zero-order chi connectivity index (χ0) is 18.7. The first-order valence-corrected chi connectivity index (χ1v) is 9.40. The second kappa shape index (κ2) is 7.80. The molecule has 0 unspecified atom stereocenters. The van der Waals surface area contributed by atoms with Crippen LogP contribution in [0, 0.1) is 22.7 Å². The van der Waals surface area contributed by atoms with Crippen LogP contribution >= 0.6 is 0 Å². The van der Waals surface area contributed by atoms with Crippen molar-refractivity contribution in [2.75, 3.05) is 0 Å². The molecule has 136 valence electrons. The van der Waals surface area contributed by atoms with Gasteiger partial charge in [0.05, 0.1) is 0 Å². The lowest BCUT2D eigenvalue weighted by atomic mass is 9.70. The van der Waals surface area contributed by atoms with E-state index in [1.54, 1.807) is 12.2 Å². The molecule has 0 aromatic carbocycles. The van der Waals surface area contributed by atoms with Crippen LogP contribution in [0.1, 0.15) is 81.1 Å². The fourth-order valence-electron chi connectivity index (χ4n) is 3.19. The molecule has 0 bridgehead atoms. The average Bonchev–Trinajstić information content (AvgIpc) is 2.45. The number of allylic oxidation sites excluding steroid dienone is 4. The van der Waals surface area contributed by atoms with Crippen molar-refractivity contribution >= 4 is 11.6 Å². The van der Waals surface area contributed by atoms with Gasteiger partial charge in [-0.25, -0.2) is 0 Å². The monoisotopic (exact) mass is 332 g/mol.